The molecule has 1 aromatic rings. The van der Waals surface area contributed by atoms with Crippen LogP contribution in [0, 0.1) is 0 Å². The predicted molar refractivity (Wildman–Crippen MR) is 50.9 cm³/mol. The van der Waals surface area contributed by atoms with Crippen LogP contribution in [0.15, 0.2) is 18.2 Å². The molecule has 1 aliphatic rings. The Kier molecular flexibility index (Phi) is 2.65. The fourth-order valence-corrected chi connectivity index (χ4v) is 1.46. The molecule has 0 aromatic carbocycles. The Morgan fingerprint density at radius 3 is 3.07 bits per heavy atom. The van der Waals surface area contributed by atoms with Gasteiger partial charge in [0.05, 0.1) is 5.69 Å². The number of nitrogens with zero attached hydrogens (tertiary/aromatic N) is 1. The lowest BCUT2D eigenvalue weighted by Crippen LogP contribution is -2.38. The van der Waals surface area contributed by atoms with E-state index in [0.29, 0.717) is 11.7 Å². The second kappa shape index (κ2) is 3.94. The monoisotopic (exact) mass is 212 g/mol. The van der Waals surface area contributed by atoms with E-state index in [9.17, 15) is 4.79 Å². The van der Waals surface area contributed by atoms with Crippen molar-refractivity contribution < 1.29 is 9.53 Å². The van der Waals surface area contributed by atoms with E-state index in [1.165, 1.54) is 0 Å². The van der Waals surface area contributed by atoms with Gasteiger partial charge in [-0.2, -0.15) is 0 Å². The summed E-state index contributed by atoms with van der Waals surface area (Å²) in [4.78, 5) is 14.9. The molecule has 0 spiro atoms. The second-order valence-corrected chi connectivity index (χ2v) is 3.38. The third-order valence-electron chi connectivity index (χ3n) is 1.97. The molecule has 0 aliphatic carbocycles. The van der Waals surface area contributed by atoms with Crippen LogP contribution in [-0.4, -0.2) is 24.0 Å². The first kappa shape index (κ1) is 9.43. The Labute approximate surface area is 86.2 Å². The van der Waals surface area contributed by atoms with E-state index in [-0.39, 0.29) is 18.6 Å². The van der Waals surface area contributed by atoms with Crippen molar-refractivity contribution in [3.05, 3.63) is 29.0 Å². The van der Waals surface area contributed by atoms with E-state index in [1.54, 1.807) is 6.07 Å². The van der Waals surface area contributed by atoms with Crippen molar-refractivity contribution in [2.24, 2.45) is 0 Å². The number of rotatable bonds is 1. The van der Waals surface area contributed by atoms with Crippen LogP contribution in [0.2, 0.25) is 5.15 Å². The maximum absolute atomic E-state index is 10.8. The number of pyridine rings is 1. The average Bonchev–Trinajstić information content (AvgIpc) is 2.19. The lowest BCUT2D eigenvalue weighted by molar-refractivity contribution is -0.133. The van der Waals surface area contributed by atoms with E-state index in [0.717, 1.165) is 5.69 Å². The van der Waals surface area contributed by atoms with Crippen molar-refractivity contribution in [1.29, 1.82) is 0 Å². The molecular weight excluding hydrogens is 204 g/mol. The summed E-state index contributed by atoms with van der Waals surface area (Å²) in [6, 6.07) is 5.34. The predicted octanol–water partition coefficient (Wildman–Crippen LogP) is 0.922. The normalized spacial score (nSPS) is 21.8. The van der Waals surface area contributed by atoms with Crippen molar-refractivity contribution in [2.75, 3.05) is 13.2 Å². The zero-order valence-corrected chi connectivity index (χ0v) is 8.12. The molecule has 0 bridgehead atoms. The van der Waals surface area contributed by atoms with Crippen molar-refractivity contribution >= 4 is 17.5 Å². The Morgan fingerprint density at radius 2 is 2.43 bits per heavy atom. The quantitative estimate of drug-likeness (QED) is 0.705. The molecular formula is C9H9ClN2O2. The lowest BCUT2D eigenvalue weighted by Gasteiger charge is -2.22. The van der Waals surface area contributed by atoms with Gasteiger partial charge in [0, 0.05) is 6.54 Å². The molecule has 1 aliphatic heterocycles. The van der Waals surface area contributed by atoms with Gasteiger partial charge in [-0.25, -0.2) is 4.98 Å². The summed E-state index contributed by atoms with van der Waals surface area (Å²) in [5.74, 6) is -0.0942. The molecule has 74 valence electrons. The summed E-state index contributed by atoms with van der Waals surface area (Å²) in [5, 5.41) is 3.14. The highest BCUT2D eigenvalue weighted by Crippen LogP contribution is 2.18. The van der Waals surface area contributed by atoms with Crippen LogP contribution in [0.25, 0.3) is 0 Å². The van der Waals surface area contributed by atoms with Crippen LogP contribution in [0.1, 0.15) is 11.8 Å². The number of hydrogen-bond acceptors (Lipinski definition) is 3. The lowest BCUT2D eigenvalue weighted by atomic mass is 10.2. The van der Waals surface area contributed by atoms with Gasteiger partial charge >= 0.3 is 0 Å². The number of amides is 1. The van der Waals surface area contributed by atoms with E-state index in [4.69, 9.17) is 16.3 Å². The Bertz CT molecular complexity index is 346. The first-order valence-corrected chi connectivity index (χ1v) is 4.64. The molecule has 1 amide bonds. The maximum atomic E-state index is 10.8. The van der Waals surface area contributed by atoms with E-state index >= 15 is 0 Å². The third-order valence-corrected chi connectivity index (χ3v) is 2.18. The molecule has 1 unspecified atom stereocenters. The molecule has 5 heteroatoms. The highest BCUT2D eigenvalue weighted by Gasteiger charge is 2.20. The van der Waals surface area contributed by atoms with Gasteiger partial charge in [-0.15, -0.1) is 0 Å². The number of morpholine rings is 1. The van der Waals surface area contributed by atoms with Crippen LogP contribution in [0.5, 0.6) is 0 Å². The number of ether oxygens (including phenoxy) is 1. The minimum atomic E-state index is -0.189. The third kappa shape index (κ3) is 2.02. The Balaban J connectivity index is 2.12. The maximum Gasteiger partial charge on any atom is 0.246 e. The fraction of sp³-hybridized carbons (Fsp3) is 0.333. The Hall–Kier alpha value is -1.13. The minimum absolute atomic E-state index is 0.0822. The smallest absolute Gasteiger partial charge is 0.246 e. The summed E-state index contributed by atoms with van der Waals surface area (Å²) < 4.78 is 5.30. The molecule has 4 nitrogen and oxygen atoms in total. The fourth-order valence-electron chi connectivity index (χ4n) is 1.29. The summed E-state index contributed by atoms with van der Waals surface area (Å²) >= 11 is 5.74. The van der Waals surface area contributed by atoms with Gasteiger partial charge in [0.15, 0.2) is 0 Å². The first-order chi connectivity index (χ1) is 6.75. The molecule has 2 heterocycles. The van der Waals surface area contributed by atoms with Crippen molar-refractivity contribution in [3.63, 3.8) is 0 Å². The summed E-state index contributed by atoms with van der Waals surface area (Å²) in [6.45, 7) is 0.533. The van der Waals surface area contributed by atoms with Gasteiger partial charge in [0.1, 0.15) is 17.9 Å². The molecule has 2 rings (SSSR count). The summed E-state index contributed by atoms with van der Waals surface area (Å²) in [6.07, 6.45) is -0.189. The van der Waals surface area contributed by atoms with Gasteiger partial charge in [0.2, 0.25) is 5.91 Å². The van der Waals surface area contributed by atoms with Gasteiger partial charge < -0.3 is 10.1 Å². The van der Waals surface area contributed by atoms with Crippen LogP contribution in [0.4, 0.5) is 0 Å². The number of carbonyl (C=O) groups is 1. The Morgan fingerprint density at radius 1 is 1.57 bits per heavy atom. The number of carbonyl (C=O) groups excluding carboxylic acids is 1. The molecule has 1 aromatic heterocycles. The van der Waals surface area contributed by atoms with Gasteiger partial charge in [-0.1, -0.05) is 17.7 Å². The van der Waals surface area contributed by atoms with Gasteiger partial charge in [0.25, 0.3) is 0 Å². The van der Waals surface area contributed by atoms with Crippen LogP contribution >= 0.6 is 11.6 Å². The van der Waals surface area contributed by atoms with Crippen molar-refractivity contribution in [2.45, 2.75) is 6.10 Å². The molecule has 1 N–H and O–H groups in total. The van der Waals surface area contributed by atoms with Gasteiger partial charge in [-0.05, 0) is 12.1 Å². The molecule has 0 radical (unpaired) electrons. The number of nitrogens with one attached hydrogen (secondary N) is 1. The number of hydrogen-bond donors (Lipinski definition) is 1. The van der Waals surface area contributed by atoms with E-state index in [1.807, 2.05) is 12.1 Å². The molecule has 14 heavy (non-hydrogen) atoms. The van der Waals surface area contributed by atoms with Crippen molar-refractivity contribution in [3.8, 4) is 0 Å². The van der Waals surface area contributed by atoms with Crippen LogP contribution < -0.4 is 5.32 Å². The highest BCUT2D eigenvalue weighted by atomic mass is 35.5. The SMILES string of the molecule is O=C1COC(c2cccc(Cl)n2)CN1. The molecule has 1 saturated heterocycles. The molecule has 0 saturated carbocycles. The topological polar surface area (TPSA) is 51.2 Å². The van der Waals surface area contributed by atoms with Gasteiger partial charge in [-0.3, -0.25) is 4.79 Å². The largest absolute Gasteiger partial charge is 0.360 e. The zero-order valence-electron chi connectivity index (χ0n) is 7.37. The van der Waals surface area contributed by atoms with E-state index in [2.05, 4.69) is 10.3 Å². The zero-order chi connectivity index (χ0) is 9.97. The van der Waals surface area contributed by atoms with Crippen molar-refractivity contribution in [1.82, 2.24) is 10.3 Å². The minimum Gasteiger partial charge on any atom is -0.360 e. The first-order valence-electron chi connectivity index (χ1n) is 4.26. The molecule has 1 atom stereocenters. The highest BCUT2D eigenvalue weighted by molar-refractivity contribution is 6.29. The van der Waals surface area contributed by atoms with E-state index < -0.39 is 0 Å². The molecule has 1 fully saturated rings. The number of halogens is 1. The second-order valence-electron chi connectivity index (χ2n) is 2.99. The summed E-state index contributed by atoms with van der Waals surface area (Å²) in [5.41, 5.74) is 0.748. The van der Waals surface area contributed by atoms with Crippen LogP contribution in [-0.2, 0) is 9.53 Å². The number of aromatic nitrogens is 1. The average molecular weight is 213 g/mol. The summed E-state index contributed by atoms with van der Waals surface area (Å²) in [7, 11) is 0. The van der Waals surface area contributed by atoms with Crippen LogP contribution in [0.3, 0.4) is 0 Å². The standard InChI is InChI=1S/C9H9ClN2O2/c10-8-3-1-2-6(12-8)7-4-11-9(13)5-14-7/h1-3,7H,4-5H2,(H,11,13).